The summed E-state index contributed by atoms with van der Waals surface area (Å²) in [4.78, 5) is 21.5. The van der Waals surface area contributed by atoms with Gasteiger partial charge in [0.1, 0.15) is 11.6 Å². The number of rotatable bonds is 3. The minimum Gasteiger partial charge on any atom is -0.493 e. The van der Waals surface area contributed by atoms with Gasteiger partial charge in [-0.1, -0.05) is 42.6 Å². The van der Waals surface area contributed by atoms with Gasteiger partial charge in [-0.2, -0.15) is 0 Å². The molecule has 0 bridgehead atoms. The number of imidazole rings is 1. The van der Waals surface area contributed by atoms with Crippen LogP contribution >= 0.6 is 11.6 Å². The molecule has 0 radical (unpaired) electrons. The van der Waals surface area contributed by atoms with Crippen molar-refractivity contribution in [2.75, 3.05) is 6.61 Å². The molecule has 6 heteroatoms. The summed E-state index contributed by atoms with van der Waals surface area (Å²) in [5, 5.41) is 3.99. The number of benzene rings is 2. The third kappa shape index (κ3) is 3.60. The summed E-state index contributed by atoms with van der Waals surface area (Å²) in [5.74, 6) is 1.92. The zero-order valence-electron chi connectivity index (χ0n) is 16.2. The van der Waals surface area contributed by atoms with Gasteiger partial charge in [-0.15, -0.1) is 0 Å². The first-order valence-corrected chi connectivity index (χ1v) is 10.7. The number of carbonyl (C=O) groups excluding carboxylic acids is 1. The van der Waals surface area contributed by atoms with Crippen LogP contribution in [0.15, 0.2) is 42.5 Å². The highest BCUT2D eigenvalue weighted by Crippen LogP contribution is 2.39. The molecule has 29 heavy (non-hydrogen) atoms. The van der Waals surface area contributed by atoms with Crippen molar-refractivity contribution in [3.63, 3.8) is 0 Å². The lowest BCUT2D eigenvalue weighted by Crippen LogP contribution is -2.39. The number of amides is 1. The predicted molar refractivity (Wildman–Crippen MR) is 113 cm³/mol. The molecule has 1 aromatic heterocycles. The number of nitrogens with zero attached hydrogens (tertiary/aromatic N) is 1. The fourth-order valence-corrected chi connectivity index (χ4v) is 4.89. The molecule has 1 fully saturated rings. The molecule has 1 aliphatic carbocycles. The molecule has 2 aromatic carbocycles. The molecule has 1 amide bonds. The first kappa shape index (κ1) is 18.5. The Balaban J connectivity index is 1.39. The average Bonchev–Trinajstić information content (AvgIpc) is 3.17. The SMILES string of the molecule is O=C(N[C@@H]1CCOc2ccccc21)[C@H]1CCCC[C@@H]1c1nc2ccc(Cl)cc2[nH]1. The number of halogens is 1. The van der Waals surface area contributed by atoms with Crippen molar-refractivity contribution in [1.29, 1.82) is 0 Å². The number of hydrogen-bond acceptors (Lipinski definition) is 3. The Hall–Kier alpha value is -2.53. The molecule has 1 aliphatic heterocycles. The highest BCUT2D eigenvalue weighted by Gasteiger charge is 2.35. The minimum atomic E-state index is -0.0743. The van der Waals surface area contributed by atoms with Crippen molar-refractivity contribution in [3.8, 4) is 5.75 Å². The molecular formula is C23H24ClN3O2. The Morgan fingerprint density at radius 1 is 1.14 bits per heavy atom. The zero-order valence-corrected chi connectivity index (χ0v) is 16.9. The van der Waals surface area contributed by atoms with E-state index in [2.05, 4.69) is 10.3 Å². The second kappa shape index (κ2) is 7.71. The van der Waals surface area contributed by atoms with E-state index < -0.39 is 0 Å². The number of nitrogens with one attached hydrogen (secondary N) is 2. The minimum absolute atomic E-state index is 0.00417. The Kier molecular flexibility index (Phi) is 4.92. The fraction of sp³-hybridized carbons (Fsp3) is 0.391. The number of hydrogen-bond donors (Lipinski definition) is 2. The molecule has 0 saturated heterocycles. The molecule has 3 aromatic rings. The van der Waals surface area contributed by atoms with E-state index in [4.69, 9.17) is 21.3 Å². The van der Waals surface area contributed by atoms with E-state index in [-0.39, 0.29) is 23.8 Å². The van der Waals surface area contributed by atoms with Gasteiger partial charge in [0.15, 0.2) is 0 Å². The third-order valence-corrected chi connectivity index (χ3v) is 6.43. The molecule has 5 rings (SSSR count). The van der Waals surface area contributed by atoms with Crippen molar-refractivity contribution in [3.05, 3.63) is 58.9 Å². The number of carbonyl (C=O) groups is 1. The van der Waals surface area contributed by atoms with Crippen molar-refractivity contribution in [2.45, 2.75) is 44.1 Å². The number of fused-ring (bicyclic) bond motifs is 2. The number of H-pyrrole nitrogens is 1. The van der Waals surface area contributed by atoms with Gasteiger partial charge in [0.05, 0.1) is 23.7 Å². The van der Waals surface area contributed by atoms with Crippen LogP contribution in [-0.2, 0) is 4.79 Å². The van der Waals surface area contributed by atoms with E-state index in [0.717, 1.165) is 60.3 Å². The maximum atomic E-state index is 13.3. The first-order chi connectivity index (χ1) is 14.2. The second-order valence-electron chi connectivity index (χ2n) is 8.02. The highest BCUT2D eigenvalue weighted by molar-refractivity contribution is 6.31. The normalized spacial score (nSPS) is 24.0. The predicted octanol–water partition coefficient (Wildman–Crippen LogP) is 5.13. The maximum absolute atomic E-state index is 13.3. The van der Waals surface area contributed by atoms with Gasteiger partial charge in [0.2, 0.25) is 5.91 Å². The summed E-state index contributed by atoms with van der Waals surface area (Å²) in [6.07, 6.45) is 4.84. The molecule has 3 atom stereocenters. The fourth-order valence-electron chi connectivity index (χ4n) is 4.72. The van der Waals surface area contributed by atoms with E-state index in [0.29, 0.717) is 11.6 Å². The summed E-state index contributed by atoms with van der Waals surface area (Å²) in [5.41, 5.74) is 2.89. The summed E-state index contributed by atoms with van der Waals surface area (Å²) < 4.78 is 5.74. The Labute approximate surface area is 174 Å². The molecule has 5 nitrogen and oxygen atoms in total. The van der Waals surface area contributed by atoms with Gasteiger partial charge in [0, 0.05) is 28.8 Å². The van der Waals surface area contributed by atoms with Gasteiger partial charge >= 0.3 is 0 Å². The lowest BCUT2D eigenvalue weighted by Gasteiger charge is -2.32. The Bertz CT molecular complexity index is 1050. The molecule has 2 aliphatic rings. The highest BCUT2D eigenvalue weighted by atomic mass is 35.5. The van der Waals surface area contributed by atoms with Crippen LogP contribution in [-0.4, -0.2) is 22.5 Å². The second-order valence-corrected chi connectivity index (χ2v) is 8.45. The average molecular weight is 410 g/mol. The van der Waals surface area contributed by atoms with Gasteiger partial charge in [0.25, 0.3) is 0 Å². The summed E-state index contributed by atoms with van der Waals surface area (Å²) in [6, 6.07) is 13.6. The molecule has 0 spiro atoms. The van der Waals surface area contributed by atoms with E-state index in [1.807, 2.05) is 42.5 Å². The van der Waals surface area contributed by atoms with Crippen LogP contribution in [0.25, 0.3) is 11.0 Å². The van der Waals surface area contributed by atoms with Crippen LogP contribution in [0.5, 0.6) is 5.75 Å². The Morgan fingerprint density at radius 2 is 2.00 bits per heavy atom. The van der Waals surface area contributed by atoms with E-state index >= 15 is 0 Å². The third-order valence-electron chi connectivity index (χ3n) is 6.19. The number of aromatic amines is 1. The van der Waals surface area contributed by atoms with Crippen LogP contribution in [0.4, 0.5) is 0 Å². The number of para-hydroxylation sites is 1. The molecule has 1 saturated carbocycles. The van der Waals surface area contributed by atoms with E-state index in [1.54, 1.807) is 0 Å². The van der Waals surface area contributed by atoms with Gasteiger partial charge in [-0.25, -0.2) is 4.98 Å². The van der Waals surface area contributed by atoms with Crippen LogP contribution in [0.1, 0.15) is 55.5 Å². The van der Waals surface area contributed by atoms with Crippen molar-refractivity contribution in [1.82, 2.24) is 15.3 Å². The summed E-state index contributed by atoms with van der Waals surface area (Å²) in [7, 11) is 0. The Morgan fingerprint density at radius 3 is 2.93 bits per heavy atom. The van der Waals surface area contributed by atoms with Crippen molar-refractivity contribution >= 4 is 28.5 Å². The topological polar surface area (TPSA) is 67.0 Å². The van der Waals surface area contributed by atoms with Crippen molar-refractivity contribution < 1.29 is 9.53 Å². The van der Waals surface area contributed by atoms with Crippen LogP contribution in [0.3, 0.4) is 0 Å². The summed E-state index contributed by atoms with van der Waals surface area (Å²) >= 11 is 6.12. The zero-order chi connectivity index (χ0) is 19.8. The van der Waals surface area contributed by atoms with Gasteiger partial charge < -0.3 is 15.0 Å². The van der Waals surface area contributed by atoms with E-state index in [1.165, 1.54) is 0 Å². The smallest absolute Gasteiger partial charge is 0.224 e. The van der Waals surface area contributed by atoms with Gasteiger partial charge in [-0.05, 0) is 37.1 Å². The van der Waals surface area contributed by atoms with Crippen LogP contribution < -0.4 is 10.1 Å². The largest absolute Gasteiger partial charge is 0.493 e. The lowest BCUT2D eigenvalue weighted by molar-refractivity contribution is -0.127. The lowest BCUT2D eigenvalue weighted by atomic mass is 9.78. The molecule has 0 unspecified atom stereocenters. The van der Waals surface area contributed by atoms with E-state index in [9.17, 15) is 4.79 Å². The molecule has 2 heterocycles. The number of ether oxygens (including phenoxy) is 1. The van der Waals surface area contributed by atoms with Crippen LogP contribution in [0, 0.1) is 5.92 Å². The molecular weight excluding hydrogens is 386 g/mol. The maximum Gasteiger partial charge on any atom is 0.224 e. The number of aromatic nitrogens is 2. The standard InChI is InChI=1S/C23H24ClN3O2/c24-14-9-10-19-20(13-14)26-22(25-19)15-5-1-2-6-16(15)23(28)27-18-11-12-29-21-8-4-3-7-17(18)21/h3-4,7-10,13,15-16,18H,1-2,5-6,11-12H2,(H,25,26)(H,27,28)/t15-,16-,18+/m0/s1. The quantitative estimate of drug-likeness (QED) is 0.630. The van der Waals surface area contributed by atoms with Crippen LogP contribution in [0.2, 0.25) is 5.02 Å². The molecule has 2 N–H and O–H groups in total. The first-order valence-electron chi connectivity index (χ1n) is 10.4. The molecule has 150 valence electrons. The van der Waals surface area contributed by atoms with Crippen molar-refractivity contribution in [2.24, 2.45) is 5.92 Å². The van der Waals surface area contributed by atoms with Gasteiger partial charge in [-0.3, -0.25) is 4.79 Å². The summed E-state index contributed by atoms with van der Waals surface area (Å²) in [6.45, 7) is 0.625. The monoisotopic (exact) mass is 409 g/mol.